The molecule has 0 aromatic rings. The third-order valence-electron chi connectivity index (χ3n) is 2.43. The minimum absolute atomic E-state index is 0.865. The lowest BCUT2D eigenvalue weighted by atomic mass is 10.2. The van der Waals surface area contributed by atoms with Crippen molar-refractivity contribution in [2.45, 2.75) is 25.7 Å². The van der Waals surface area contributed by atoms with Crippen molar-refractivity contribution in [2.24, 2.45) is 0 Å². The molecule has 1 saturated heterocycles. The number of allylic oxidation sites excluding steroid dienone is 1. The van der Waals surface area contributed by atoms with Crippen molar-refractivity contribution in [3.8, 4) is 0 Å². The fraction of sp³-hybridized carbons (Fsp3) is 0.818. The van der Waals surface area contributed by atoms with Crippen LogP contribution in [0.15, 0.2) is 12.7 Å². The van der Waals surface area contributed by atoms with Crippen molar-refractivity contribution in [3.63, 3.8) is 0 Å². The van der Waals surface area contributed by atoms with Crippen molar-refractivity contribution in [2.75, 3.05) is 32.8 Å². The third-order valence-corrected chi connectivity index (χ3v) is 2.43. The molecule has 14 heavy (non-hydrogen) atoms. The summed E-state index contributed by atoms with van der Waals surface area (Å²) in [5.41, 5.74) is 3.43. The van der Waals surface area contributed by atoms with Gasteiger partial charge in [-0.2, -0.15) is 0 Å². The average molecular weight is 198 g/mol. The number of nitrogens with zero attached hydrogens (tertiary/aromatic N) is 1. The highest BCUT2D eigenvalue weighted by atomic mass is 16.5. The number of hydrogen-bond donors (Lipinski definition) is 1. The van der Waals surface area contributed by atoms with E-state index in [2.05, 4.69) is 17.0 Å². The Morgan fingerprint density at radius 1 is 1.21 bits per heavy atom. The molecular weight excluding hydrogens is 176 g/mol. The summed E-state index contributed by atoms with van der Waals surface area (Å²) in [6.07, 6.45) is 6.97. The van der Waals surface area contributed by atoms with E-state index in [-0.39, 0.29) is 0 Å². The van der Waals surface area contributed by atoms with E-state index >= 15 is 0 Å². The second-order valence-corrected chi connectivity index (χ2v) is 3.65. The SMILES string of the molecule is C=CCCCCCNN1CCOCC1. The fourth-order valence-corrected chi connectivity index (χ4v) is 1.55. The van der Waals surface area contributed by atoms with E-state index in [1.165, 1.54) is 19.3 Å². The van der Waals surface area contributed by atoms with E-state index in [1.54, 1.807) is 0 Å². The van der Waals surface area contributed by atoms with Crippen LogP contribution in [0.2, 0.25) is 0 Å². The second kappa shape index (κ2) is 7.97. The van der Waals surface area contributed by atoms with E-state index in [0.29, 0.717) is 0 Å². The lowest BCUT2D eigenvalue weighted by molar-refractivity contribution is 0.0119. The predicted molar refractivity (Wildman–Crippen MR) is 59.1 cm³/mol. The molecule has 0 spiro atoms. The zero-order valence-corrected chi connectivity index (χ0v) is 9.00. The molecule has 82 valence electrons. The summed E-state index contributed by atoms with van der Waals surface area (Å²) in [5.74, 6) is 0. The Kier molecular flexibility index (Phi) is 6.66. The molecule has 0 saturated carbocycles. The zero-order chi connectivity index (χ0) is 10.1. The van der Waals surface area contributed by atoms with Gasteiger partial charge in [0.2, 0.25) is 0 Å². The standard InChI is InChI=1S/C11H22N2O/c1-2-3-4-5-6-7-12-13-8-10-14-11-9-13/h2,12H,1,3-11H2. The molecule has 0 unspecified atom stereocenters. The van der Waals surface area contributed by atoms with Gasteiger partial charge in [-0.1, -0.05) is 12.5 Å². The van der Waals surface area contributed by atoms with Crippen molar-refractivity contribution in [1.82, 2.24) is 10.4 Å². The average Bonchev–Trinajstić information content (AvgIpc) is 2.25. The van der Waals surface area contributed by atoms with E-state index in [4.69, 9.17) is 4.74 Å². The van der Waals surface area contributed by atoms with E-state index in [0.717, 1.165) is 39.3 Å². The monoisotopic (exact) mass is 198 g/mol. The van der Waals surface area contributed by atoms with Gasteiger partial charge in [0.05, 0.1) is 13.2 Å². The number of unbranched alkanes of at least 4 members (excludes halogenated alkanes) is 3. The highest BCUT2D eigenvalue weighted by Gasteiger charge is 2.08. The molecule has 1 fully saturated rings. The van der Waals surface area contributed by atoms with Crippen LogP contribution in [0.3, 0.4) is 0 Å². The van der Waals surface area contributed by atoms with Crippen LogP contribution in [0.1, 0.15) is 25.7 Å². The quantitative estimate of drug-likeness (QED) is 0.496. The lowest BCUT2D eigenvalue weighted by Gasteiger charge is -2.27. The van der Waals surface area contributed by atoms with Crippen molar-refractivity contribution >= 4 is 0 Å². The summed E-state index contributed by atoms with van der Waals surface area (Å²) < 4.78 is 5.27. The molecule has 3 heteroatoms. The van der Waals surface area contributed by atoms with Gasteiger partial charge in [-0.15, -0.1) is 6.58 Å². The van der Waals surface area contributed by atoms with Gasteiger partial charge in [0.1, 0.15) is 0 Å². The molecule has 0 aromatic heterocycles. The second-order valence-electron chi connectivity index (χ2n) is 3.65. The number of rotatable bonds is 7. The van der Waals surface area contributed by atoms with Gasteiger partial charge < -0.3 is 4.74 Å². The first kappa shape index (κ1) is 11.7. The summed E-state index contributed by atoms with van der Waals surface area (Å²) in [5, 5.41) is 2.26. The highest BCUT2D eigenvalue weighted by Crippen LogP contribution is 1.99. The summed E-state index contributed by atoms with van der Waals surface area (Å²) in [6.45, 7) is 8.58. The molecule has 0 bridgehead atoms. The molecule has 1 aliphatic rings. The van der Waals surface area contributed by atoms with Crippen LogP contribution < -0.4 is 5.43 Å². The molecule has 1 heterocycles. The largest absolute Gasteiger partial charge is 0.379 e. The van der Waals surface area contributed by atoms with Gasteiger partial charge in [-0.25, -0.2) is 5.01 Å². The first-order valence-electron chi connectivity index (χ1n) is 5.60. The molecule has 1 rings (SSSR count). The normalized spacial score (nSPS) is 18.3. The number of nitrogens with one attached hydrogen (secondary N) is 1. The predicted octanol–water partition coefficient (Wildman–Crippen LogP) is 1.57. The molecule has 0 radical (unpaired) electrons. The number of hydrogen-bond acceptors (Lipinski definition) is 3. The molecule has 0 aromatic carbocycles. The summed E-state index contributed by atoms with van der Waals surface area (Å²) in [4.78, 5) is 0. The first-order chi connectivity index (χ1) is 6.93. The number of morpholine rings is 1. The van der Waals surface area contributed by atoms with Crippen LogP contribution in [-0.2, 0) is 4.74 Å². The van der Waals surface area contributed by atoms with E-state index in [9.17, 15) is 0 Å². The molecule has 3 nitrogen and oxygen atoms in total. The number of ether oxygens (including phenoxy) is 1. The third kappa shape index (κ3) is 5.37. The highest BCUT2D eigenvalue weighted by molar-refractivity contribution is 4.65. The van der Waals surface area contributed by atoms with Crippen LogP contribution in [0.25, 0.3) is 0 Å². The topological polar surface area (TPSA) is 24.5 Å². The minimum atomic E-state index is 0.865. The summed E-state index contributed by atoms with van der Waals surface area (Å²) >= 11 is 0. The van der Waals surface area contributed by atoms with Gasteiger partial charge in [-0.05, 0) is 19.3 Å². The van der Waals surface area contributed by atoms with E-state index in [1.807, 2.05) is 6.08 Å². The van der Waals surface area contributed by atoms with Crippen LogP contribution in [0.4, 0.5) is 0 Å². The van der Waals surface area contributed by atoms with Crippen molar-refractivity contribution < 1.29 is 4.74 Å². The maximum Gasteiger partial charge on any atom is 0.0608 e. The molecule has 1 aliphatic heterocycles. The maximum absolute atomic E-state index is 5.27. The summed E-state index contributed by atoms with van der Waals surface area (Å²) in [6, 6.07) is 0. The molecule has 1 N–H and O–H groups in total. The smallest absolute Gasteiger partial charge is 0.0608 e. The number of hydrazine groups is 1. The Labute approximate surface area is 87.1 Å². The van der Waals surface area contributed by atoms with Crippen molar-refractivity contribution in [3.05, 3.63) is 12.7 Å². The Morgan fingerprint density at radius 3 is 2.71 bits per heavy atom. The molecule has 0 aliphatic carbocycles. The Hall–Kier alpha value is -0.380. The Morgan fingerprint density at radius 2 is 2.00 bits per heavy atom. The van der Waals surface area contributed by atoms with Gasteiger partial charge >= 0.3 is 0 Å². The van der Waals surface area contributed by atoms with Crippen LogP contribution >= 0.6 is 0 Å². The zero-order valence-electron chi connectivity index (χ0n) is 9.00. The van der Waals surface area contributed by atoms with Crippen LogP contribution in [-0.4, -0.2) is 37.9 Å². The minimum Gasteiger partial charge on any atom is -0.379 e. The van der Waals surface area contributed by atoms with Gasteiger partial charge in [-0.3, -0.25) is 5.43 Å². The molecule has 0 amide bonds. The fourth-order valence-electron chi connectivity index (χ4n) is 1.55. The first-order valence-corrected chi connectivity index (χ1v) is 5.60. The lowest BCUT2D eigenvalue weighted by Crippen LogP contribution is -2.45. The maximum atomic E-state index is 5.27. The van der Waals surface area contributed by atoms with E-state index < -0.39 is 0 Å². The summed E-state index contributed by atoms with van der Waals surface area (Å²) in [7, 11) is 0. The van der Waals surface area contributed by atoms with Crippen LogP contribution in [0, 0.1) is 0 Å². The van der Waals surface area contributed by atoms with Gasteiger partial charge in [0.15, 0.2) is 0 Å². The Bertz CT molecular complexity index is 144. The Balaban J connectivity index is 1.85. The van der Waals surface area contributed by atoms with Gasteiger partial charge in [0.25, 0.3) is 0 Å². The molecular formula is C11H22N2O. The molecule has 0 atom stereocenters. The van der Waals surface area contributed by atoms with Crippen molar-refractivity contribution in [1.29, 1.82) is 0 Å². The van der Waals surface area contributed by atoms with Crippen LogP contribution in [0.5, 0.6) is 0 Å². The van der Waals surface area contributed by atoms with Gasteiger partial charge in [0, 0.05) is 19.6 Å².